The molecule has 6 rings (SSSR count). The molecule has 1 aliphatic carbocycles. The lowest BCUT2D eigenvalue weighted by atomic mass is 9.85. The maximum atomic E-state index is 6.67. The molecule has 0 amide bonds. The summed E-state index contributed by atoms with van der Waals surface area (Å²) in [6.07, 6.45) is 3.94. The van der Waals surface area contributed by atoms with Crippen molar-refractivity contribution in [1.82, 2.24) is 0 Å². The molecule has 0 saturated heterocycles. The molecule has 0 aliphatic heterocycles. The van der Waals surface area contributed by atoms with E-state index in [1.54, 1.807) is 0 Å². The number of hydrogen-bond acceptors (Lipinski definition) is 1. The zero-order chi connectivity index (χ0) is 33.5. The zero-order valence-electron chi connectivity index (χ0n) is 29.6. The minimum Gasteiger partial charge on any atom is -0.489 e. The van der Waals surface area contributed by atoms with Gasteiger partial charge in [0.1, 0.15) is 12.4 Å². The molecule has 47 heavy (non-hydrogen) atoms. The average Bonchev–Trinajstić information content (AvgIpc) is 3.40. The molecule has 2 heteroatoms. The summed E-state index contributed by atoms with van der Waals surface area (Å²) in [7, 11) is -2.33. The standard InChI is InChI=1S/C45H50OSi/c1-10-23-46-43-41(45(5,6)7)24-30(4)25-42(43)47(8,9)44-39-28-35(33-17-13-15-31(11-2)26-33)19-21-37(39)38-22-20-36(29-40(38)44)34-18-14-16-32(12-3)27-34/h10,13-22,24-29,44H,1,11-12,23H2,2-9H3. The maximum absolute atomic E-state index is 6.67. The van der Waals surface area contributed by atoms with E-state index in [0.29, 0.717) is 6.61 Å². The van der Waals surface area contributed by atoms with E-state index < -0.39 is 8.07 Å². The Morgan fingerprint density at radius 2 is 1.21 bits per heavy atom. The van der Waals surface area contributed by atoms with Gasteiger partial charge in [-0.2, -0.15) is 0 Å². The lowest BCUT2D eigenvalue weighted by Gasteiger charge is -2.36. The van der Waals surface area contributed by atoms with Crippen LogP contribution in [0, 0.1) is 6.92 Å². The van der Waals surface area contributed by atoms with Crippen LogP contribution in [0.4, 0.5) is 0 Å². The third-order valence-electron chi connectivity index (χ3n) is 10.2. The Morgan fingerprint density at radius 3 is 1.68 bits per heavy atom. The summed E-state index contributed by atoms with van der Waals surface area (Å²) in [6, 6.07) is 37.3. The van der Waals surface area contributed by atoms with E-state index in [1.165, 1.54) is 71.9 Å². The average molecular weight is 635 g/mol. The molecule has 5 aromatic carbocycles. The Balaban J connectivity index is 1.61. The highest BCUT2D eigenvalue weighted by atomic mass is 28.3. The summed E-state index contributed by atoms with van der Waals surface area (Å²) in [4.78, 5) is 0. The highest BCUT2D eigenvalue weighted by Gasteiger charge is 2.45. The van der Waals surface area contributed by atoms with Gasteiger partial charge in [0.2, 0.25) is 0 Å². The van der Waals surface area contributed by atoms with E-state index in [1.807, 2.05) is 6.08 Å². The Morgan fingerprint density at radius 1 is 0.702 bits per heavy atom. The fourth-order valence-corrected chi connectivity index (χ4v) is 11.3. The number of hydrogen-bond donors (Lipinski definition) is 0. The maximum Gasteiger partial charge on any atom is 0.122 e. The molecule has 0 fully saturated rings. The van der Waals surface area contributed by atoms with Gasteiger partial charge in [0.25, 0.3) is 0 Å². The summed E-state index contributed by atoms with van der Waals surface area (Å²) in [5.74, 6) is 1.06. The van der Waals surface area contributed by atoms with Crippen LogP contribution < -0.4 is 9.92 Å². The van der Waals surface area contributed by atoms with Crippen molar-refractivity contribution in [2.75, 3.05) is 6.61 Å². The first kappa shape index (κ1) is 32.8. The van der Waals surface area contributed by atoms with Gasteiger partial charge in [-0.3, -0.25) is 0 Å². The lowest BCUT2D eigenvalue weighted by molar-refractivity contribution is 0.353. The fourth-order valence-electron chi connectivity index (χ4n) is 7.60. The summed E-state index contributed by atoms with van der Waals surface area (Å²) in [5.41, 5.74) is 16.3. The third-order valence-corrected chi connectivity index (χ3v) is 14.0. The summed E-state index contributed by atoms with van der Waals surface area (Å²) in [5, 5.41) is 1.39. The van der Waals surface area contributed by atoms with Gasteiger partial charge in [-0.05, 0) is 91.6 Å². The van der Waals surface area contributed by atoms with Gasteiger partial charge in [-0.15, -0.1) is 0 Å². The molecule has 0 heterocycles. The molecule has 1 nitrogen and oxygen atoms in total. The van der Waals surface area contributed by atoms with Gasteiger partial charge in [-0.1, -0.05) is 163 Å². The second-order valence-corrected chi connectivity index (χ2v) is 19.5. The second-order valence-electron chi connectivity index (χ2n) is 14.9. The van der Waals surface area contributed by atoms with E-state index in [0.717, 1.165) is 18.6 Å². The van der Waals surface area contributed by atoms with Gasteiger partial charge >= 0.3 is 0 Å². The topological polar surface area (TPSA) is 9.23 Å². The molecule has 0 aromatic heterocycles. The van der Waals surface area contributed by atoms with Crippen molar-refractivity contribution < 1.29 is 4.74 Å². The molecule has 5 aromatic rings. The van der Waals surface area contributed by atoms with Gasteiger partial charge < -0.3 is 4.74 Å². The number of rotatable bonds is 9. The molecular weight excluding hydrogens is 585 g/mol. The monoisotopic (exact) mass is 634 g/mol. The molecule has 240 valence electrons. The van der Waals surface area contributed by atoms with Crippen LogP contribution >= 0.6 is 0 Å². The highest BCUT2D eigenvalue weighted by molar-refractivity contribution is 6.92. The van der Waals surface area contributed by atoms with Crippen LogP contribution in [-0.4, -0.2) is 14.7 Å². The van der Waals surface area contributed by atoms with Crippen molar-refractivity contribution in [1.29, 1.82) is 0 Å². The molecule has 0 atom stereocenters. The molecule has 0 unspecified atom stereocenters. The largest absolute Gasteiger partial charge is 0.489 e. The Labute approximate surface area is 284 Å². The molecule has 1 aliphatic rings. The zero-order valence-corrected chi connectivity index (χ0v) is 30.6. The Kier molecular flexibility index (Phi) is 8.93. The first-order chi connectivity index (χ1) is 22.5. The molecular formula is C45H50OSi. The van der Waals surface area contributed by atoms with Crippen LogP contribution in [0.25, 0.3) is 33.4 Å². The molecule has 0 radical (unpaired) electrons. The number of aryl methyl sites for hydroxylation is 3. The Bertz CT molecular complexity index is 1860. The quantitative estimate of drug-likeness (QED) is 0.116. The van der Waals surface area contributed by atoms with Gasteiger partial charge in [0.15, 0.2) is 0 Å². The van der Waals surface area contributed by atoms with Crippen molar-refractivity contribution in [2.45, 2.75) is 78.4 Å². The first-order valence-electron chi connectivity index (χ1n) is 17.3. The molecule has 0 bridgehead atoms. The fraction of sp³-hybridized carbons (Fsp3) is 0.289. The third kappa shape index (κ3) is 6.16. The van der Waals surface area contributed by atoms with Crippen molar-refractivity contribution in [3.8, 4) is 39.1 Å². The number of benzene rings is 5. The minimum absolute atomic E-state index is 0.0534. The van der Waals surface area contributed by atoms with E-state index in [-0.39, 0.29) is 11.0 Å². The number of ether oxygens (including phenoxy) is 1. The summed E-state index contributed by atoms with van der Waals surface area (Å²) < 4.78 is 6.67. The van der Waals surface area contributed by atoms with Crippen LogP contribution in [0.15, 0.2) is 110 Å². The predicted molar refractivity (Wildman–Crippen MR) is 206 cm³/mol. The van der Waals surface area contributed by atoms with E-state index in [4.69, 9.17) is 4.74 Å². The predicted octanol–water partition coefficient (Wildman–Crippen LogP) is 11.6. The lowest BCUT2D eigenvalue weighted by Crippen LogP contribution is -2.49. The second kappa shape index (κ2) is 12.8. The van der Waals surface area contributed by atoms with E-state index in [2.05, 4.69) is 158 Å². The van der Waals surface area contributed by atoms with Crippen LogP contribution in [0.1, 0.15) is 73.5 Å². The van der Waals surface area contributed by atoms with Crippen molar-refractivity contribution in [2.24, 2.45) is 0 Å². The molecule has 0 spiro atoms. The number of fused-ring (bicyclic) bond motifs is 3. The minimum atomic E-state index is -2.33. The van der Waals surface area contributed by atoms with Crippen LogP contribution in [0.3, 0.4) is 0 Å². The SMILES string of the molecule is C=CCOc1c(C(C)(C)C)cc(C)cc1[Si](C)(C)C1c2cc(-c3cccc(CC)c3)ccc2-c2ccc(-c3cccc(CC)c3)cc21. The van der Waals surface area contributed by atoms with Crippen molar-refractivity contribution >= 4 is 13.3 Å². The summed E-state index contributed by atoms with van der Waals surface area (Å²) >= 11 is 0. The van der Waals surface area contributed by atoms with Gasteiger partial charge in [-0.25, -0.2) is 0 Å². The highest BCUT2D eigenvalue weighted by Crippen LogP contribution is 2.52. The smallest absolute Gasteiger partial charge is 0.122 e. The molecule has 0 N–H and O–H groups in total. The first-order valence-corrected chi connectivity index (χ1v) is 20.4. The normalized spacial score (nSPS) is 12.9. The van der Waals surface area contributed by atoms with Crippen LogP contribution in [0.5, 0.6) is 5.75 Å². The summed E-state index contributed by atoms with van der Waals surface area (Å²) in [6.45, 7) is 23.2. The Hall–Kier alpha value is -4.14. The van der Waals surface area contributed by atoms with Crippen molar-refractivity contribution in [3.63, 3.8) is 0 Å². The van der Waals surface area contributed by atoms with Crippen molar-refractivity contribution in [3.05, 3.63) is 143 Å². The van der Waals surface area contributed by atoms with Crippen LogP contribution in [-0.2, 0) is 18.3 Å². The van der Waals surface area contributed by atoms with Gasteiger partial charge in [0, 0.05) is 5.54 Å². The van der Waals surface area contributed by atoms with Gasteiger partial charge in [0.05, 0.1) is 8.07 Å². The van der Waals surface area contributed by atoms with Crippen LogP contribution in [0.2, 0.25) is 13.1 Å². The van der Waals surface area contributed by atoms with E-state index in [9.17, 15) is 0 Å². The van der Waals surface area contributed by atoms with E-state index >= 15 is 0 Å². The molecule has 0 saturated carbocycles.